The van der Waals surface area contributed by atoms with Gasteiger partial charge >= 0.3 is 6.00 Å². The molecule has 0 heterocycles. The Morgan fingerprint density at radius 3 is 0.812 bits per heavy atom. The van der Waals surface area contributed by atoms with Gasteiger partial charge < -0.3 is 42.6 Å². The zero-order valence-corrected chi connectivity index (χ0v) is 22.3. The van der Waals surface area contributed by atoms with Crippen molar-refractivity contribution in [3.63, 3.8) is 0 Å². The maximum absolute atomic E-state index is 5.75. The van der Waals surface area contributed by atoms with Gasteiger partial charge in [-0.2, -0.15) is 0 Å². The molecular formula is C19H39Cl3O9Si. The maximum Gasteiger partial charge on any atom is 0.343 e. The molecule has 0 rings (SSSR count). The van der Waals surface area contributed by atoms with Crippen molar-refractivity contribution in [2.45, 2.75) is 6.04 Å². The molecule has 0 saturated carbocycles. The third-order valence-corrected chi connectivity index (χ3v) is 6.04. The van der Waals surface area contributed by atoms with Crippen LogP contribution in [0.2, 0.25) is 6.04 Å². The first-order valence-corrected chi connectivity index (χ1v) is 16.0. The first-order valence-electron chi connectivity index (χ1n) is 10.7. The van der Waals surface area contributed by atoms with Crippen molar-refractivity contribution in [3.8, 4) is 0 Å². The van der Waals surface area contributed by atoms with Gasteiger partial charge in [-0.15, -0.1) is 33.2 Å². The summed E-state index contributed by atoms with van der Waals surface area (Å²) in [6.07, 6.45) is 0. The molecule has 0 saturated heterocycles. The van der Waals surface area contributed by atoms with Crippen molar-refractivity contribution in [2.24, 2.45) is 0 Å². The fourth-order valence-corrected chi connectivity index (χ4v) is 3.04. The molecule has 0 aromatic heterocycles. The lowest BCUT2D eigenvalue weighted by Crippen LogP contribution is -2.16. The Kier molecular flexibility index (Phi) is 26.9. The SMILES string of the molecule is COCCOCCOCCOCCOCCOCCOCCOCCOCC[Si](Cl)(Cl)Cl. The summed E-state index contributed by atoms with van der Waals surface area (Å²) in [6, 6.07) is -2.09. The highest BCUT2D eigenvalue weighted by Gasteiger charge is 2.23. The van der Waals surface area contributed by atoms with Crippen molar-refractivity contribution < 1.29 is 42.6 Å². The van der Waals surface area contributed by atoms with Gasteiger partial charge in [0.1, 0.15) is 0 Å². The molecule has 9 nitrogen and oxygen atoms in total. The lowest BCUT2D eigenvalue weighted by molar-refractivity contribution is -0.0240. The zero-order valence-electron chi connectivity index (χ0n) is 19.0. The molecule has 194 valence electrons. The minimum Gasteiger partial charge on any atom is -0.382 e. The van der Waals surface area contributed by atoms with Gasteiger partial charge in [0.25, 0.3) is 0 Å². The summed E-state index contributed by atoms with van der Waals surface area (Å²) in [5.41, 5.74) is 0. The molecular weight excluding hydrogens is 507 g/mol. The van der Waals surface area contributed by atoms with Gasteiger partial charge in [-0.3, -0.25) is 0 Å². The topological polar surface area (TPSA) is 83.1 Å². The second kappa shape index (κ2) is 26.3. The number of hydrogen-bond acceptors (Lipinski definition) is 9. The molecule has 0 radical (unpaired) electrons. The highest BCUT2D eigenvalue weighted by Crippen LogP contribution is 2.24. The van der Waals surface area contributed by atoms with Gasteiger partial charge in [-0.25, -0.2) is 0 Å². The fraction of sp³-hybridized carbons (Fsp3) is 1.00. The van der Waals surface area contributed by atoms with E-state index in [1.165, 1.54) is 0 Å². The van der Waals surface area contributed by atoms with Crippen LogP contribution in [-0.4, -0.2) is 125 Å². The van der Waals surface area contributed by atoms with Crippen LogP contribution in [-0.2, 0) is 42.6 Å². The average Bonchev–Trinajstić information content (AvgIpc) is 2.75. The number of hydrogen-bond donors (Lipinski definition) is 0. The molecule has 0 spiro atoms. The Bertz CT molecular complexity index is 369. The largest absolute Gasteiger partial charge is 0.382 e. The summed E-state index contributed by atoms with van der Waals surface area (Å²) in [7, 11) is 1.64. The lowest BCUT2D eigenvalue weighted by Gasteiger charge is -2.09. The van der Waals surface area contributed by atoms with Crippen LogP contribution in [0.4, 0.5) is 0 Å². The summed E-state index contributed by atoms with van der Waals surface area (Å²) in [6.45, 7) is 8.86. The lowest BCUT2D eigenvalue weighted by atomic mass is 10.6. The molecule has 0 aromatic carbocycles. The maximum atomic E-state index is 5.75. The van der Waals surface area contributed by atoms with E-state index in [2.05, 4.69) is 0 Å². The summed E-state index contributed by atoms with van der Waals surface area (Å²) >= 11 is 17.3. The van der Waals surface area contributed by atoms with E-state index >= 15 is 0 Å². The third kappa shape index (κ3) is 30.7. The molecule has 0 atom stereocenters. The van der Waals surface area contributed by atoms with Crippen molar-refractivity contribution in [1.29, 1.82) is 0 Å². The second-order valence-corrected chi connectivity index (χ2v) is 15.5. The molecule has 0 aliphatic carbocycles. The van der Waals surface area contributed by atoms with Gasteiger partial charge in [-0.05, 0) is 0 Å². The van der Waals surface area contributed by atoms with E-state index in [0.717, 1.165) is 0 Å². The third-order valence-electron chi connectivity index (χ3n) is 3.57. The first-order chi connectivity index (χ1) is 15.6. The summed E-state index contributed by atoms with van der Waals surface area (Å²) in [4.78, 5) is 0. The Morgan fingerprint density at radius 2 is 0.594 bits per heavy atom. The smallest absolute Gasteiger partial charge is 0.343 e. The Morgan fingerprint density at radius 1 is 0.375 bits per heavy atom. The van der Waals surface area contributed by atoms with Crippen molar-refractivity contribution in [1.82, 2.24) is 0 Å². The summed E-state index contributed by atoms with van der Waals surface area (Å²) in [5.74, 6) is 0. The van der Waals surface area contributed by atoms with E-state index in [9.17, 15) is 0 Å². The number of methoxy groups -OCH3 is 1. The summed E-state index contributed by atoms with van der Waals surface area (Å²) < 4.78 is 47.9. The van der Waals surface area contributed by atoms with Gasteiger partial charge in [0.05, 0.1) is 106 Å². The fourth-order valence-electron chi connectivity index (χ4n) is 1.97. The molecule has 0 fully saturated rings. The van der Waals surface area contributed by atoms with E-state index in [1.54, 1.807) is 7.11 Å². The van der Waals surface area contributed by atoms with Crippen molar-refractivity contribution in [3.05, 3.63) is 0 Å². The Labute approximate surface area is 207 Å². The van der Waals surface area contributed by atoms with Crippen LogP contribution in [0, 0.1) is 0 Å². The molecule has 0 aliphatic heterocycles. The predicted octanol–water partition coefficient (Wildman–Crippen LogP) is 2.42. The minimum atomic E-state index is -2.58. The molecule has 0 aromatic rings. The number of halogens is 3. The van der Waals surface area contributed by atoms with Gasteiger partial charge in [0, 0.05) is 19.8 Å². The van der Waals surface area contributed by atoms with E-state index in [0.29, 0.717) is 118 Å². The van der Waals surface area contributed by atoms with Crippen LogP contribution in [0.5, 0.6) is 0 Å². The highest BCUT2D eigenvalue weighted by molar-refractivity contribution is 7.64. The highest BCUT2D eigenvalue weighted by atomic mass is 35.8. The van der Waals surface area contributed by atoms with E-state index in [-0.39, 0.29) is 0 Å². The predicted molar refractivity (Wildman–Crippen MR) is 127 cm³/mol. The van der Waals surface area contributed by atoms with E-state index in [1.807, 2.05) is 0 Å². The number of rotatable bonds is 27. The van der Waals surface area contributed by atoms with Crippen LogP contribution >= 0.6 is 33.2 Å². The average molecular weight is 546 g/mol. The van der Waals surface area contributed by atoms with Gasteiger partial charge in [-0.1, -0.05) is 0 Å². The monoisotopic (exact) mass is 544 g/mol. The standard InChI is InChI=1S/C19H39Cl3O9Si/c1-23-2-3-24-4-5-25-6-7-26-8-9-27-10-11-28-12-13-29-14-15-30-16-17-31-18-19-32(20,21)22/h2-19H2,1H3. The normalized spacial score (nSPS) is 12.0. The quantitative estimate of drug-likeness (QED) is 0.0878. The Hall–Kier alpha value is 0.727. The van der Waals surface area contributed by atoms with Crippen LogP contribution in [0.15, 0.2) is 0 Å². The van der Waals surface area contributed by atoms with Gasteiger partial charge in [0.2, 0.25) is 0 Å². The molecule has 0 N–H and O–H groups in total. The van der Waals surface area contributed by atoms with Crippen LogP contribution in [0.25, 0.3) is 0 Å². The molecule has 13 heteroatoms. The van der Waals surface area contributed by atoms with E-state index < -0.39 is 6.00 Å². The van der Waals surface area contributed by atoms with Crippen molar-refractivity contribution in [2.75, 3.05) is 119 Å². The van der Waals surface area contributed by atoms with Crippen LogP contribution in [0.3, 0.4) is 0 Å². The zero-order chi connectivity index (χ0) is 23.6. The molecule has 0 bridgehead atoms. The Balaban J connectivity index is 3.02. The first kappa shape index (κ1) is 32.7. The summed E-state index contributed by atoms with van der Waals surface area (Å²) in [5, 5.41) is 0. The van der Waals surface area contributed by atoms with Crippen LogP contribution in [0.1, 0.15) is 0 Å². The minimum absolute atomic E-state index is 0.443. The molecule has 0 aliphatic rings. The van der Waals surface area contributed by atoms with E-state index in [4.69, 9.17) is 75.9 Å². The molecule has 0 unspecified atom stereocenters. The molecule has 0 amide bonds. The van der Waals surface area contributed by atoms with Crippen molar-refractivity contribution >= 4 is 39.2 Å². The van der Waals surface area contributed by atoms with Crippen LogP contribution < -0.4 is 0 Å². The second-order valence-electron chi connectivity index (χ2n) is 6.26. The molecule has 32 heavy (non-hydrogen) atoms. The van der Waals surface area contributed by atoms with Gasteiger partial charge in [0.15, 0.2) is 0 Å². The number of ether oxygens (including phenoxy) is 9.